The van der Waals surface area contributed by atoms with Gasteiger partial charge in [-0.05, 0) is 64.6 Å². The molecule has 3 rings (SSSR count). The highest BCUT2D eigenvalue weighted by molar-refractivity contribution is 5.74. The lowest BCUT2D eigenvalue weighted by atomic mass is 10.1. The Hall–Kier alpha value is -1.66. The molecule has 2 aliphatic rings. The minimum Gasteiger partial charge on any atom is -0.372 e. The van der Waals surface area contributed by atoms with Crippen molar-refractivity contribution in [1.82, 2.24) is 20.1 Å². The molecule has 6 heteroatoms. The highest BCUT2D eigenvalue weighted by Gasteiger charge is 2.31. The molecule has 150 valence electrons. The maximum atomic E-state index is 12.5. The van der Waals surface area contributed by atoms with Crippen molar-refractivity contribution in [3.63, 3.8) is 0 Å². The van der Waals surface area contributed by atoms with Crippen LogP contribution >= 0.6 is 0 Å². The summed E-state index contributed by atoms with van der Waals surface area (Å²) in [5.41, 5.74) is 1.18. The average molecular weight is 375 g/mol. The molecule has 2 fully saturated rings. The first kappa shape index (κ1) is 20.1. The van der Waals surface area contributed by atoms with Crippen LogP contribution in [0.5, 0.6) is 0 Å². The molecular formula is C21H34N4O2. The fraction of sp³-hybridized carbons (Fsp3) is 0.714. The van der Waals surface area contributed by atoms with Crippen LogP contribution in [0.25, 0.3) is 0 Å². The molecule has 1 N–H and O–H groups in total. The lowest BCUT2D eigenvalue weighted by molar-refractivity contribution is 0.00303. The third kappa shape index (κ3) is 5.91. The minimum absolute atomic E-state index is 0.0763. The fourth-order valence-electron chi connectivity index (χ4n) is 3.86. The van der Waals surface area contributed by atoms with Crippen LogP contribution in [0, 0.1) is 5.92 Å². The smallest absolute Gasteiger partial charge is 0.317 e. The van der Waals surface area contributed by atoms with Crippen LogP contribution in [-0.2, 0) is 11.3 Å². The molecule has 1 aromatic rings. The summed E-state index contributed by atoms with van der Waals surface area (Å²) in [4.78, 5) is 21.2. The number of urea groups is 1. The van der Waals surface area contributed by atoms with Crippen molar-refractivity contribution in [3.05, 3.63) is 30.1 Å². The molecule has 0 radical (unpaired) electrons. The van der Waals surface area contributed by atoms with E-state index in [9.17, 15) is 4.79 Å². The molecule has 0 aromatic carbocycles. The van der Waals surface area contributed by atoms with Crippen molar-refractivity contribution in [1.29, 1.82) is 0 Å². The molecule has 3 heterocycles. The quantitative estimate of drug-likeness (QED) is 0.861. The molecule has 0 aliphatic carbocycles. The van der Waals surface area contributed by atoms with Crippen LogP contribution in [0.4, 0.5) is 4.79 Å². The molecular weight excluding hydrogens is 340 g/mol. The maximum Gasteiger partial charge on any atom is 0.317 e. The van der Waals surface area contributed by atoms with E-state index in [2.05, 4.69) is 36.0 Å². The number of likely N-dealkylation sites (tertiary alicyclic amines) is 2. The second kappa shape index (κ2) is 9.02. The van der Waals surface area contributed by atoms with Gasteiger partial charge in [-0.3, -0.25) is 9.88 Å². The standard InChI is InChI=1S/C21H34N4O2/c1-21(2,3)25-13-7-17(15-25)14-23-20(26)24-11-8-19(9-12-24)27-16-18-6-4-5-10-22-18/h4-6,10,17,19H,7-9,11-16H2,1-3H3,(H,23,26)/t17-/m1/s1. The molecule has 0 saturated carbocycles. The summed E-state index contributed by atoms with van der Waals surface area (Å²) < 4.78 is 5.96. The van der Waals surface area contributed by atoms with E-state index < -0.39 is 0 Å². The maximum absolute atomic E-state index is 12.5. The van der Waals surface area contributed by atoms with Gasteiger partial charge < -0.3 is 15.0 Å². The molecule has 2 amide bonds. The van der Waals surface area contributed by atoms with Crippen molar-refractivity contribution in [2.45, 2.75) is 58.3 Å². The van der Waals surface area contributed by atoms with Gasteiger partial charge in [0, 0.05) is 37.9 Å². The van der Waals surface area contributed by atoms with Gasteiger partial charge in [-0.2, -0.15) is 0 Å². The first-order valence-electron chi connectivity index (χ1n) is 10.2. The van der Waals surface area contributed by atoms with Crippen molar-refractivity contribution in [2.75, 3.05) is 32.7 Å². The van der Waals surface area contributed by atoms with Crippen molar-refractivity contribution >= 4 is 6.03 Å². The number of ether oxygens (including phenoxy) is 1. The Morgan fingerprint density at radius 2 is 2.00 bits per heavy atom. The summed E-state index contributed by atoms with van der Waals surface area (Å²) in [5, 5.41) is 3.15. The summed E-state index contributed by atoms with van der Waals surface area (Å²) in [5.74, 6) is 0.562. The van der Waals surface area contributed by atoms with Gasteiger partial charge in [-0.25, -0.2) is 4.79 Å². The summed E-state index contributed by atoms with van der Waals surface area (Å²) in [6.07, 6.45) is 4.95. The van der Waals surface area contributed by atoms with Crippen molar-refractivity contribution < 1.29 is 9.53 Å². The molecule has 0 spiro atoms. The second-order valence-electron chi connectivity index (χ2n) is 8.78. The number of hydrogen-bond donors (Lipinski definition) is 1. The van der Waals surface area contributed by atoms with Gasteiger partial charge in [-0.1, -0.05) is 6.07 Å². The van der Waals surface area contributed by atoms with Gasteiger partial charge in [0.05, 0.1) is 18.4 Å². The number of nitrogens with one attached hydrogen (secondary N) is 1. The van der Waals surface area contributed by atoms with Gasteiger partial charge in [0.1, 0.15) is 0 Å². The van der Waals surface area contributed by atoms with Crippen LogP contribution in [-0.4, -0.2) is 65.2 Å². The van der Waals surface area contributed by atoms with Crippen molar-refractivity contribution in [2.24, 2.45) is 5.92 Å². The first-order valence-corrected chi connectivity index (χ1v) is 10.2. The van der Waals surface area contributed by atoms with E-state index in [1.807, 2.05) is 23.1 Å². The van der Waals surface area contributed by atoms with E-state index in [0.29, 0.717) is 12.5 Å². The van der Waals surface area contributed by atoms with Crippen molar-refractivity contribution in [3.8, 4) is 0 Å². The van der Waals surface area contributed by atoms with Crippen LogP contribution in [0.1, 0.15) is 45.7 Å². The van der Waals surface area contributed by atoms with Crippen LogP contribution in [0.3, 0.4) is 0 Å². The highest BCUT2D eigenvalue weighted by Crippen LogP contribution is 2.24. The zero-order valence-corrected chi connectivity index (χ0v) is 17.0. The Labute approximate surface area is 163 Å². The lowest BCUT2D eigenvalue weighted by Gasteiger charge is -2.33. The molecule has 6 nitrogen and oxygen atoms in total. The van der Waals surface area contributed by atoms with E-state index >= 15 is 0 Å². The van der Waals surface area contributed by atoms with E-state index in [1.165, 1.54) is 6.42 Å². The summed E-state index contributed by atoms with van der Waals surface area (Å²) in [6.45, 7) is 11.8. The minimum atomic E-state index is 0.0763. The van der Waals surface area contributed by atoms with Crippen LogP contribution in [0.2, 0.25) is 0 Å². The second-order valence-corrected chi connectivity index (χ2v) is 8.78. The predicted octanol–water partition coefficient (Wildman–Crippen LogP) is 2.89. The molecule has 0 bridgehead atoms. The molecule has 0 unspecified atom stereocenters. The molecule has 2 saturated heterocycles. The Bertz CT molecular complexity index is 594. The summed E-state index contributed by atoms with van der Waals surface area (Å²) >= 11 is 0. The highest BCUT2D eigenvalue weighted by atomic mass is 16.5. The molecule has 27 heavy (non-hydrogen) atoms. The lowest BCUT2D eigenvalue weighted by Crippen LogP contribution is -2.47. The fourth-order valence-corrected chi connectivity index (χ4v) is 3.86. The number of piperidine rings is 1. The monoisotopic (exact) mass is 374 g/mol. The Morgan fingerprint density at radius 3 is 2.63 bits per heavy atom. The van der Waals surface area contributed by atoms with Gasteiger partial charge in [0.25, 0.3) is 0 Å². The van der Waals surface area contributed by atoms with E-state index in [0.717, 1.165) is 51.3 Å². The predicted molar refractivity (Wildman–Crippen MR) is 106 cm³/mol. The Kier molecular flexibility index (Phi) is 6.71. The van der Waals surface area contributed by atoms with Crippen LogP contribution < -0.4 is 5.32 Å². The zero-order valence-electron chi connectivity index (χ0n) is 17.0. The van der Waals surface area contributed by atoms with Gasteiger partial charge in [0.2, 0.25) is 0 Å². The van der Waals surface area contributed by atoms with E-state index in [1.54, 1.807) is 6.20 Å². The van der Waals surface area contributed by atoms with E-state index in [-0.39, 0.29) is 17.7 Å². The topological polar surface area (TPSA) is 57.7 Å². The van der Waals surface area contributed by atoms with Crippen LogP contribution in [0.15, 0.2) is 24.4 Å². The van der Waals surface area contributed by atoms with Gasteiger partial charge >= 0.3 is 6.03 Å². The van der Waals surface area contributed by atoms with Gasteiger partial charge in [-0.15, -0.1) is 0 Å². The van der Waals surface area contributed by atoms with E-state index in [4.69, 9.17) is 4.74 Å². The normalized spacial score (nSPS) is 22.2. The molecule has 1 aromatic heterocycles. The number of carbonyl (C=O) groups is 1. The SMILES string of the molecule is CC(C)(C)N1CC[C@H](CNC(=O)N2CCC(OCc3ccccn3)CC2)C1. The summed E-state index contributed by atoms with van der Waals surface area (Å²) in [6, 6.07) is 5.94. The summed E-state index contributed by atoms with van der Waals surface area (Å²) in [7, 11) is 0. The number of aromatic nitrogens is 1. The third-order valence-corrected chi connectivity index (χ3v) is 5.70. The Morgan fingerprint density at radius 1 is 1.22 bits per heavy atom. The number of hydrogen-bond acceptors (Lipinski definition) is 4. The molecule has 1 atom stereocenters. The molecule has 2 aliphatic heterocycles. The first-order chi connectivity index (χ1) is 12.9. The number of nitrogens with zero attached hydrogens (tertiary/aromatic N) is 3. The third-order valence-electron chi connectivity index (χ3n) is 5.70. The Balaban J connectivity index is 1.33. The number of rotatable bonds is 5. The number of carbonyl (C=O) groups excluding carboxylic acids is 1. The zero-order chi connectivity index (χ0) is 19.3. The number of amides is 2. The largest absolute Gasteiger partial charge is 0.372 e. The number of pyridine rings is 1. The van der Waals surface area contributed by atoms with Gasteiger partial charge in [0.15, 0.2) is 0 Å². The average Bonchev–Trinajstić information content (AvgIpc) is 3.15.